The molecule has 0 unspecified atom stereocenters. The average molecular weight is 383 g/mol. The number of hydrogen-bond donors (Lipinski definition) is 0. The van der Waals surface area contributed by atoms with Crippen LogP contribution in [-0.2, 0) is 21.3 Å². The average Bonchev–Trinajstić information content (AvgIpc) is 3.28. The van der Waals surface area contributed by atoms with Gasteiger partial charge in [-0.25, -0.2) is 0 Å². The smallest absolute Gasteiger partial charge is 0.206 e. The molecule has 6 aliphatic rings. The van der Waals surface area contributed by atoms with Crippen molar-refractivity contribution in [2.75, 3.05) is 33.4 Å². The normalized spacial score (nSPS) is 39.7. The molecule has 0 radical (unpaired) electrons. The van der Waals surface area contributed by atoms with Crippen LogP contribution in [0.3, 0.4) is 0 Å². The molecule has 3 heterocycles. The fraction of sp³-hybridized carbons (Fsp3) is 0.739. The van der Waals surface area contributed by atoms with Gasteiger partial charge in [0.2, 0.25) is 5.79 Å². The van der Waals surface area contributed by atoms with Crippen molar-refractivity contribution >= 4 is 0 Å². The van der Waals surface area contributed by atoms with Crippen molar-refractivity contribution in [3.63, 3.8) is 0 Å². The minimum atomic E-state index is -0.571. The first-order valence-corrected chi connectivity index (χ1v) is 11.1. The molecule has 5 nitrogen and oxygen atoms in total. The van der Waals surface area contributed by atoms with Gasteiger partial charge in [-0.1, -0.05) is 6.07 Å². The summed E-state index contributed by atoms with van der Waals surface area (Å²) in [5.74, 6) is 2.84. The van der Waals surface area contributed by atoms with E-state index in [0.717, 1.165) is 36.7 Å². The van der Waals surface area contributed by atoms with Gasteiger partial charge in [0.05, 0.1) is 20.3 Å². The summed E-state index contributed by atoms with van der Waals surface area (Å²) in [5.41, 5.74) is 2.92. The van der Waals surface area contributed by atoms with Gasteiger partial charge < -0.3 is 18.9 Å². The van der Waals surface area contributed by atoms with Crippen LogP contribution in [0.1, 0.15) is 43.2 Å². The summed E-state index contributed by atoms with van der Waals surface area (Å²) < 4.78 is 25.1. The lowest BCUT2D eigenvalue weighted by Crippen LogP contribution is -2.70. The monoisotopic (exact) mass is 383 g/mol. The van der Waals surface area contributed by atoms with E-state index in [0.29, 0.717) is 25.2 Å². The first-order valence-electron chi connectivity index (χ1n) is 11.1. The van der Waals surface area contributed by atoms with Gasteiger partial charge in [-0.15, -0.1) is 0 Å². The van der Waals surface area contributed by atoms with E-state index in [1.165, 1.54) is 43.5 Å². The molecule has 7 rings (SSSR count). The number of benzene rings is 1. The van der Waals surface area contributed by atoms with E-state index in [2.05, 4.69) is 17.0 Å². The molecular weight excluding hydrogens is 354 g/mol. The summed E-state index contributed by atoms with van der Waals surface area (Å²) in [5, 5.41) is 0. The van der Waals surface area contributed by atoms with Crippen molar-refractivity contribution < 1.29 is 18.9 Å². The highest BCUT2D eigenvalue weighted by Gasteiger charge is 2.71. The van der Waals surface area contributed by atoms with Crippen molar-refractivity contribution in [3.05, 3.63) is 23.3 Å². The molecule has 0 amide bonds. The molecule has 2 spiro atoms. The molecule has 2 bridgehead atoms. The summed E-state index contributed by atoms with van der Waals surface area (Å²) in [6.07, 6.45) is 7.22. The topological polar surface area (TPSA) is 40.2 Å². The third-order valence-corrected chi connectivity index (χ3v) is 8.60. The Labute approximate surface area is 166 Å². The maximum absolute atomic E-state index is 6.77. The van der Waals surface area contributed by atoms with E-state index in [1.807, 2.05) is 0 Å². The molecule has 1 aromatic carbocycles. The Morgan fingerprint density at radius 1 is 1.14 bits per heavy atom. The van der Waals surface area contributed by atoms with E-state index in [9.17, 15) is 0 Å². The van der Waals surface area contributed by atoms with Crippen molar-refractivity contribution in [3.8, 4) is 11.5 Å². The van der Waals surface area contributed by atoms with E-state index < -0.39 is 5.79 Å². The second kappa shape index (κ2) is 5.44. The Bertz CT molecular complexity index is 830. The predicted octanol–water partition coefficient (Wildman–Crippen LogP) is 2.89. The second-order valence-electron chi connectivity index (χ2n) is 9.78. The van der Waals surface area contributed by atoms with E-state index in [-0.39, 0.29) is 11.5 Å². The van der Waals surface area contributed by atoms with Crippen LogP contribution in [0.2, 0.25) is 0 Å². The number of nitrogens with zero attached hydrogens (tertiary/aromatic N) is 1. The molecule has 4 fully saturated rings. The number of methoxy groups -OCH3 is 1. The minimum Gasteiger partial charge on any atom is -0.493 e. The molecule has 3 aliphatic carbocycles. The van der Waals surface area contributed by atoms with Crippen molar-refractivity contribution in [2.24, 2.45) is 11.8 Å². The Kier molecular flexibility index (Phi) is 3.20. The number of likely N-dealkylation sites (tertiary alicyclic amines) is 1. The lowest BCUT2D eigenvalue weighted by atomic mass is 9.50. The Morgan fingerprint density at radius 2 is 2.00 bits per heavy atom. The largest absolute Gasteiger partial charge is 0.493 e. The van der Waals surface area contributed by atoms with Crippen molar-refractivity contribution in [2.45, 2.75) is 61.9 Å². The van der Waals surface area contributed by atoms with Crippen LogP contribution in [0.5, 0.6) is 11.5 Å². The van der Waals surface area contributed by atoms with Gasteiger partial charge in [-0.2, -0.15) is 0 Å². The third-order valence-electron chi connectivity index (χ3n) is 8.60. The molecule has 28 heavy (non-hydrogen) atoms. The number of piperidine rings is 1. The zero-order chi connectivity index (χ0) is 18.5. The van der Waals surface area contributed by atoms with Crippen LogP contribution in [0.25, 0.3) is 0 Å². The SMILES string of the molecule is COc1ccc2c3c1O[C@H]1C4(CC[C@H]5[C@H](C2)N(CC2CC2)CC[C@]351)OCCO4. The van der Waals surface area contributed by atoms with Gasteiger partial charge in [0.15, 0.2) is 17.6 Å². The molecule has 0 N–H and O–H groups in total. The standard InChI is InChI=1S/C23H29NO4/c1-25-18-5-4-15-12-17-16-6-7-23(26-10-11-27-23)21-22(16,19(15)20(18)28-21)8-9-24(17)13-14-2-3-14/h4-5,14,16-17,21H,2-3,6-13H2,1H3/t16-,17-,21+,22+/m0/s1. The lowest BCUT2D eigenvalue weighted by molar-refractivity contribution is -0.261. The summed E-state index contributed by atoms with van der Waals surface area (Å²) in [7, 11) is 1.75. The lowest BCUT2D eigenvalue weighted by Gasteiger charge is -2.61. The third kappa shape index (κ3) is 1.89. The number of fused-ring (bicyclic) bond motifs is 1. The first kappa shape index (κ1) is 16.5. The van der Waals surface area contributed by atoms with Crippen LogP contribution >= 0.6 is 0 Å². The van der Waals surface area contributed by atoms with Gasteiger partial charge in [0.25, 0.3) is 0 Å². The molecule has 2 saturated carbocycles. The quantitative estimate of drug-likeness (QED) is 0.803. The van der Waals surface area contributed by atoms with Crippen molar-refractivity contribution in [1.82, 2.24) is 4.90 Å². The number of hydrogen-bond acceptors (Lipinski definition) is 5. The van der Waals surface area contributed by atoms with E-state index >= 15 is 0 Å². The van der Waals surface area contributed by atoms with Gasteiger partial charge >= 0.3 is 0 Å². The Morgan fingerprint density at radius 3 is 2.79 bits per heavy atom. The summed E-state index contributed by atoms with van der Waals surface area (Å²) in [6.45, 7) is 3.82. The van der Waals surface area contributed by atoms with E-state index in [4.69, 9.17) is 18.9 Å². The summed E-state index contributed by atoms with van der Waals surface area (Å²) in [4.78, 5) is 2.82. The molecular formula is C23H29NO4. The van der Waals surface area contributed by atoms with Gasteiger partial charge in [-0.3, -0.25) is 4.90 Å². The van der Waals surface area contributed by atoms with Gasteiger partial charge in [0.1, 0.15) is 0 Å². The molecule has 150 valence electrons. The maximum Gasteiger partial charge on any atom is 0.206 e. The first-order chi connectivity index (χ1) is 13.7. The fourth-order valence-electron chi connectivity index (χ4n) is 7.37. The maximum atomic E-state index is 6.77. The highest BCUT2D eigenvalue weighted by atomic mass is 16.8. The highest BCUT2D eigenvalue weighted by Crippen LogP contribution is 2.66. The zero-order valence-electron chi connectivity index (χ0n) is 16.6. The Hall–Kier alpha value is -1.30. The van der Waals surface area contributed by atoms with Crippen LogP contribution in [0, 0.1) is 11.8 Å². The van der Waals surface area contributed by atoms with Crippen molar-refractivity contribution in [1.29, 1.82) is 0 Å². The van der Waals surface area contributed by atoms with Crippen LogP contribution in [0.15, 0.2) is 12.1 Å². The van der Waals surface area contributed by atoms with E-state index in [1.54, 1.807) is 7.11 Å². The summed E-state index contributed by atoms with van der Waals surface area (Å²) in [6, 6.07) is 5.03. The molecule has 3 aliphatic heterocycles. The minimum absolute atomic E-state index is 0.0186. The molecule has 4 atom stereocenters. The second-order valence-corrected chi connectivity index (χ2v) is 9.78. The molecule has 2 saturated heterocycles. The fourth-order valence-corrected chi connectivity index (χ4v) is 7.37. The van der Waals surface area contributed by atoms with Crippen LogP contribution < -0.4 is 9.47 Å². The van der Waals surface area contributed by atoms with Gasteiger partial charge in [-0.05, 0) is 62.1 Å². The highest BCUT2D eigenvalue weighted by molar-refractivity contribution is 5.61. The zero-order valence-corrected chi connectivity index (χ0v) is 16.6. The number of rotatable bonds is 3. The van der Waals surface area contributed by atoms with Gasteiger partial charge in [0, 0.05) is 30.0 Å². The molecule has 5 heteroatoms. The Balaban J connectivity index is 1.41. The van der Waals surface area contributed by atoms with Crippen LogP contribution in [0.4, 0.5) is 0 Å². The predicted molar refractivity (Wildman–Crippen MR) is 103 cm³/mol. The number of ether oxygens (including phenoxy) is 4. The molecule has 1 aromatic rings. The summed E-state index contributed by atoms with van der Waals surface area (Å²) >= 11 is 0. The molecule has 0 aromatic heterocycles. The van der Waals surface area contributed by atoms with Crippen LogP contribution in [-0.4, -0.2) is 56.2 Å².